The van der Waals surface area contributed by atoms with Gasteiger partial charge in [0.1, 0.15) is 0 Å². The third-order valence-electron chi connectivity index (χ3n) is 3.10. The largest absolute Gasteiger partial charge is 0.294 e. The van der Waals surface area contributed by atoms with E-state index < -0.39 is 0 Å². The summed E-state index contributed by atoms with van der Waals surface area (Å²) in [6.07, 6.45) is 1.28. The summed E-state index contributed by atoms with van der Waals surface area (Å²) >= 11 is 3.43. The molecule has 1 aromatic carbocycles. The quantitative estimate of drug-likeness (QED) is 0.808. The highest BCUT2D eigenvalue weighted by Gasteiger charge is 2.12. The van der Waals surface area contributed by atoms with Crippen molar-refractivity contribution in [3.05, 3.63) is 51.3 Å². The number of aryl methyl sites for hydroxylation is 3. The predicted molar refractivity (Wildman–Crippen MR) is 79.5 cm³/mol. The SMILES string of the molecule is CCc1cc(CC(=O)c2cc(C)cc(Br)c2)n(C)n1. The van der Waals surface area contributed by atoms with Crippen LogP contribution >= 0.6 is 15.9 Å². The normalized spacial score (nSPS) is 10.7. The number of carbonyl (C=O) groups excluding carboxylic acids is 1. The molecule has 2 rings (SSSR count). The Kier molecular flexibility index (Phi) is 4.20. The molecule has 0 radical (unpaired) electrons. The van der Waals surface area contributed by atoms with Gasteiger partial charge in [0, 0.05) is 22.8 Å². The summed E-state index contributed by atoms with van der Waals surface area (Å²) in [6.45, 7) is 4.05. The maximum atomic E-state index is 12.3. The van der Waals surface area contributed by atoms with Gasteiger partial charge in [0.05, 0.1) is 12.1 Å². The number of carbonyl (C=O) groups is 1. The second-order valence-electron chi connectivity index (χ2n) is 4.72. The predicted octanol–water partition coefficient (Wildman–Crippen LogP) is 3.48. The molecule has 0 bridgehead atoms. The van der Waals surface area contributed by atoms with E-state index in [-0.39, 0.29) is 5.78 Å². The van der Waals surface area contributed by atoms with Crippen LogP contribution in [-0.4, -0.2) is 15.6 Å². The second-order valence-corrected chi connectivity index (χ2v) is 5.64. The summed E-state index contributed by atoms with van der Waals surface area (Å²) in [7, 11) is 1.88. The number of rotatable bonds is 4. The first-order chi connectivity index (χ1) is 8.99. The third kappa shape index (κ3) is 3.32. The Morgan fingerprint density at radius 3 is 2.63 bits per heavy atom. The summed E-state index contributed by atoms with van der Waals surface area (Å²) in [5.41, 5.74) is 3.80. The van der Waals surface area contributed by atoms with Crippen molar-refractivity contribution >= 4 is 21.7 Å². The molecular formula is C15H17BrN2O. The van der Waals surface area contributed by atoms with Gasteiger partial charge in [-0.05, 0) is 43.2 Å². The van der Waals surface area contributed by atoms with E-state index in [1.165, 1.54) is 0 Å². The minimum absolute atomic E-state index is 0.120. The van der Waals surface area contributed by atoms with Crippen LogP contribution in [0.2, 0.25) is 0 Å². The van der Waals surface area contributed by atoms with Crippen LogP contribution in [0.25, 0.3) is 0 Å². The number of Topliss-reactive ketones (excluding diaryl/α,β-unsaturated/α-hetero) is 1. The first-order valence-electron chi connectivity index (χ1n) is 6.31. The summed E-state index contributed by atoms with van der Waals surface area (Å²) in [4.78, 5) is 12.3. The highest BCUT2D eigenvalue weighted by atomic mass is 79.9. The van der Waals surface area contributed by atoms with E-state index >= 15 is 0 Å². The fraction of sp³-hybridized carbons (Fsp3) is 0.333. The highest BCUT2D eigenvalue weighted by Crippen LogP contribution is 2.17. The smallest absolute Gasteiger partial charge is 0.168 e. The van der Waals surface area contributed by atoms with E-state index in [1.807, 2.05) is 38.2 Å². The lowest BCUT2D eigenvalue weighted by Gasteiger charge is -2.04. The van der Waals surface area contributed by atoms with Crippen molar-refractivity contribution in [3.8, 4) is 0 Å². The molecule has 0 spiro atoms. The number of ketones is 1. The Bertz CT molecular complexity index is 596. The van der Waals surface area contributed by atoms with Crippen LogP contribution in [0, 0.1) is 6.92 Å². The van der Waals surface area contributed by atoms with Gasteiger partial charge in [-0.1, -0.05) is 22.9 Å². The van der Waals surface area contributed by atoms with Crippen LogP contribution in [0.5, 0.6) is 0 Å². The molecule has 0 aliphatic heterocycles. The Balaban J connectivity index is 2.22. The molecule has 19 heavy (non-hydrogen) atoms. The zero-order valence-electron chi connectivity index (χ0n) is 11.4. The first-order valence-corrected chi connectivity index (χ1v) is 7.11. The van der Waals surface area contributed by atoms with Gasteiger partial charge in [-0.15, -0.1) is 0 Å². The van der Waals surface area contributed by atoms with Crippen molar-refractivity contribution < 1.29 is 4.79 Å². The van der Waals surface area contributed by atoms with E-state index in [0.717, 1.165) is 33.4 Å². The topological polar surface area (TPSA) is 34.9 Å². The molecule has 100 valence electrons. The molecule has 2 aromatic rings. The molecule has 3 nitrogen and oxygen atoms in total. The molecule has 0 atom stereocenters. The zero-order valence-corrected chi connectivity index (χ0v) is 13.0. The average molecular weight is 321 g/mol. The van der Waals surface area contributed by atoms with Gasteiger partial charge in [-0.25, -0.2) is 0 Å². The Morgan fingerprint density at radius 2 is 2.05 bits per heavy atom. The fourth-order valence-corrected chi connectivity index (χ4v) is 2.68. The molecule has 4 heteroatoms. The van der Waals surface area contributed by atoms with Gasteiger partial charge in [-0.3, -0.25) is 9.48 Å². The fourth-order valence-electron chi connectivity index (χ4n) is 2.07. The molecule has 0 N–H and O–H groups in total. The summed E-state index contributed by atoms with van der Waals surface area (Å²) < 4.78 is 2.73. The van der Waals surface area contributed by atoms with Gasteiger partial charge in [-0.2, -0.15) is 5.10 Å². The van der Waals surface area contributed by atoms with Crippen molar-refractivity contribution in [2.45, 2.75) is 26.7 Å². The van der Waals surface area contributed by atoms with Gasteiger partial charge < -0.3 is 0 Å². The van der Waals surface area contributed by atoms with Crippen molar-refractivity contribution in [2.24, 2.45) is 7.05 Å². The molecule has 0 saturated heterocycles. The number of aromatic nitrogens is 2. The molecule has 0 aliphatic carbocycles. The maximum Gasteiger partial charge on any atom is 0.168 e. The molecule has 1 aromatic heterocycles. The van der Waals surface area contributed by atoms with Crippen molar-refractivity contribution in [1.82, 2.24) is 9.78 Å². The van der Waals surface area contributed by atoms with Crippen LogP contribution in [0.3, 0.4) is 0 Å². The van der Waals surface area contributed by atoms with E-state index in [9.17, 15) is 4.79 Å². The van der Waals surface area contributed by atoms with Crippen LogP contribution in [-0.2, 0) is 19.9 Å². The first kappa shape index (κ1) is 14.0. The molecule has 0 aliphatic rings. The number of hydrogen-bond donors (Lipinski definition) is 0. The number of nitrogens with zero attached hydrogens (tertiary/aromatic N) is 2. The highest BCUT2D eigenvalue weighted by molar-refractivity contribution is 9.10. The van der Waals surface area contributed by atoms with Crippen LogP contribution in [0.1, 0.15) is 34.2 Å². The summed E-state index contributed by atoms with van der Waals surface area (Å²) in [5.74, 6) is 0.120. The van der Waals surface area contributed by atoms with Gasteiger partial charge in [0.2, 0.25) is 0 Å². The Labute approximate surface area is 121 Å². The molecule has 1 heterocycles. The second kappa shape index (κ2) is 5.70. The third-order valence-corrected chi connectivity index (χ3v) is 3.55. The van der Waals surface area contributed by atoms with E-state index in [1.54, 1.807) is 4.68 Å². The molecular weight excluding hydrogens is 304 g/mol. The summed E-state index contributed by atoms with van der Waals surface area (Å²) in [6, 6.07) is 7.79. The zero-order chi connectivity index (χ0) is 14.0. The minimum atomic E-state index is 0.120. The Morgan fingerprint density at radius 1 is 1.32 bits per heavy atom. The van der Waals surface area contributed by atoms with Crippen LogP contribution < -0.4 is 0 Å². The molecule has 0 fully saturated rings. The molecule has 0 saturated carbocycles. The minimum Gasteiger partial charge on any atom is -0.294 e. The lowest BCUT2D eigenvalue weighted by Crippen LogP contribution is -2.08. The van der Waals surface area contributed by atoms with Gasteiger partial charge in [0.25, 0.3) is 0 Å². The number of benzene rings is 1. The lowest BCUT2D eigenvalue weighted by atomic mass is 10.0. The summed E-state index contributed by atoms with van der Waals surface area (Å²) in [5, 5.41) is 4.37. The van der Waals surface area contributed by atoms with Crippen LogP contribution in [0.4, 0.5) is 0 Å². The monoisotopic (exact) mass is 320 g/mol. The van der Waals surface area contributed by atoms with E-state index in [0.29, 0.717) is 6.42 Å². The van der Waals surface area contributed by atoms with Crippen molar-refractivity contribution in [2.75, 3.05) is 0 Å². The average Bonchev–Trinajstić information content (AvgIpc) is 2.69. The number of hydrogen-bond acceptors (Lipinski definition) is 2. The Hall–Kier alpha value is -1.42. The van der Waals surface area contributed by atoms with Crippen molar-refractivity contribution in [1.29, 1.82) is 0 Å². The number of halogens is 1. The maximum absolute atomic E-state index is 12.3. The van der Waals surface area contributed by atoms with E-state index in [4.69, 9.17) is 0 Å². The molecule has 0 amide bonds. The lowest BCUT2D eigenvalue weighted by molar-refractivity contribution is 0.0990. The van der Waals surface area contributed by atoms with Gasteiger partial charge >= 0.3 is 0 Å². The van der Waals surface area contributed by atoms with Crippen LogP contribution in [0.15, 0.2) is 28.7 Å². The van der Waals surface area contributed by atoms with Gasteiger partial charge in [0.15, 0.2) is 5.78 Å². The van der Waals surface area contributed by atoms with E-state index in [2.05, 4.69) is 28.0 Å². The standard InChI is InChI=1S/C15H17BrN2O/c1-4-13-8-14(18(3)17-13)9-15(19)11-5-10(2)6-12(16)7-11/h5-8H,4,9H2,1-3H3. The van der Waals surface area contributed by atoms with Crippen molar-refractivity contribution in [3.63, 3.8) is 0 Å². The molecule has 0 unspecified atom stereocenters.